The number of fused-ring (bicyclic) bond motifs is 3. The number of ether oxygens (including phenoxy) is 1. The van der Waals surface area contributed by atoms with Crippen LogP contribution in [0.5, 0.6) is 5.75 Å². The average molecular weight is 570 g/mol. The summed E-state index contributed by atoms with van der Waals surface area (Å²) >= 11 is 6.05. The Bertz CT molecular complexity index is 1500. The molecule has 2 aliphatic heterocycles. The summed E-state index contributed by atoms with van der Waals surface area (Å²) in [5.41, 5.74) is 2.83. The number of aromatic nitrogens is 2. The van der Waals surface area contributed by atoms with Crippen LogP contribution >= 0.6 is 11.6 Å². The Hall–Kier alpha value is -4.01. The molecule has 0 unspecified atom stereocenters. The van der Waals surface area contributed by atoms with Crippen LogP contribution in [-0.2, 0) is 13.0 Å². The maximum absolute atomic E-state index is 13.9. The molecule has 0 bridgehead atoms. The first kappa shape index (κ1) is 27.6. The lowest BCUT2D eigenvalue weighted by Gasteiger charge is -2.38. The van der Waals surface area contributed by atoms with Crippen molar-refractivity contribution < 1.29 is 28.2 Å². The molecule has 3 atom stereocenters. The van der Waals surface area contributed by atoms with E-state index in [1.165, 1.54) is 24.3 Å². The molecule has 3 heterocycles. The van der Waals surface area contributed by atoms with Gasteiger partial charge in [0.05, 0.1) is 37.5 Å². The standard InChI is InChI=1S/C28H26ClF2N5O4/c1-15-10-23-21(13-34(15)26(38)18-6-9-22(29)24(11-18)32-3)25-27(39)35(12-19(14-37)36(25)33-23)16(2)17-4-7-20(8-5-17)40-28(30)31/h4-9,11,15-16,19,28,37H,10,12-14H2,1-2H3/t15-,16+,19+/m1/s1. The second kappa shape index (κ2) is 10.9. The van der Waals surface area contributed by atoms with Gasteiger partial charge in [0.2, 0.25) is 5.69 Å². The van der Waals surface area contributed by atoms with Gasteiger partial charge in [-0.05, 0) is 37.6 Å². The fourth-order valence-corrected chi connectivity index (χ4v) is 5.48. The smallest absolute Gasteiger partial charge is 0.387 e. The number of carbonyl (C=O) groups is 2. The molecule has 2 amide bonds. The second-order valence-corrected chi connectivity index (χ2v) is 10.3. The Labute approximate surface area is 234 Å². The Morgan fingerprint density at radius 2 is 2.00 bits per heavy atom. The Kier molecular flexibility index (Phi) is 7.49. The van der Waals surface area contributed by atoms with Crippen LogP contribution in [0.25, 0.3) is 4.85 Å². The molecule has 2 aromatic carbocycles. The molecule has 0 spiro atoms. The molecule has 0 saturated carbocycles. The van der Waals surface area contributed by atoms with Crippen LogP contribution in [0.1, 0.15) is 63.6 Å². The van der Waals surface area contributed by atoms with Gasteiger partial charge in [0, 0.05) is 35.2 Å². The molecular formula is C28H26ClF2N5O4. The van der Waals surface area contributed by atoms with E-state index in [9.17, 15) is 23.5 Å². The number of aliphatic hydroxyl groups excluding tert-OH is 1. The van der Waals surface area contributed by atoms with Crippen molar-refractivity contribution in [1.82, 2.24) is 19.6 Å². The predicted octanol–water partition coefficient (Wildman–Crippen LogP) is 5.03. The van der Waals surface area contributed by atoms with Gasteiger partial charge in [-0.25, -0.2) is 4.85 Å². The number of rotatable bonds is 6. The minimum absolute atomic E-state index is 0.0133. The van der Waals surface area contributed by atoms with Gasteiger partial charge in [-0.3, -0.25) is 14.3 Å². The van der Waals surface area contributed by atoms with E-state index in [1.54, 1.807) is 32.7 Å². The lowest BCUT2D eigenvalue weighted by Crippen LogP contribution is -2.46. The highest BCUT2D eigenvalue weighted by Gasteiger charge is 2.41. The van der Waals surface area contributed by atoms with E-state index in [0.29, 0.717) is 34.5 Å². The van der Waals surface area contributed by atoms with Gasteiger partial charge in [0.15, 0.2) is 0 Å². The Morgan fingerprint density at radius 1 is 1.27 bits per heavy atom. The molecule has 2 aliphatic rings. The minimum Gasteiger partial charge on any atom is -0.435 e. The molecule has 9 nitrogen and oxygen atoms in total. The largest absolute Gasteiger partial charge is 0.435 e. The molecule has 1 aromatic heterocycles. The number of carbonyl (C=O) groups excluding carboxylic acids is 2. The summed E-state index contributed by atoms with van der Waals surface area (Å²) in [5, 5.41) is 15.1. The van der Waals surface area contributed by atoms with Crippen LogP contribution in [0, 0.1) is 6.57 Å². The SMILES string of the molecule is [C-]#[N+]c1cc(C(=O)N2Cc3c(nn4c3C(=O)N([C@@H](C)c3ccc(OC(F)F)cc3)C[C@H]4CO)C[C@H]2C)ccc1Cl. The van der Waals surface area contributed by atoms with Crippen molar-refractivity contribution in [2.24, 2.45) is 0 Å². The second-order valence-electron chi connectivity index (χ2n) is 9.90. The van der Waals surface area contributed by atoms with Gasteiger partial charge in [0.1, 0.15) is 11.4 Å². The highest BCUT2D eigenvalue weighted by molar-refractivity contribution is 6.33. The Morgan fingerprint density at radius 3 is 2.65 bits per heavy atom. The first-order chi connectivity index (χ1) is 19.1. The summed E-state index contributed by atoms with van der Waals surface area (Å²) in [5.74, 6) is -0.583. The maximum atomic E-state index is 13.9. The number of hydrogen-bond acceptors (Lipinski definition) is 5. The number of hydrogen-bond donors (Lipinski definition) is 1. The summed E-state index contributed by atoms with van der Waals surface area (Å²) in [6.45, 7) is 8.15. The number of alkyl halides is 2. The topological polar surface area (TPSA) is 92.3 Å². The van der Waals surface area contributed by atoms with Crippen molar-refractivity contribution in [1.29, 1.82) is 0 Å². The molecule has 1 N–H and O–H groups in total. The maximum Gasteiger partial charge on any atom is 0.387 e. The number of halogens is 3. The van der Waals surface area contributed by atoms with E-state index in [0.717, 1.165) is 0 Å². The molecule has 40 heavy (non-hydrogen) atoms. The molecule has 0 aliphatic carbocycles. The van der Waals surface area contributed by atoms with Crippen molar-refractivity contribution in [3.8, 4) is 5.75 Å². The number of benzene rings is 2. The van der Waals surface area contributed by atoms with E-state index in [2.05, 4.69) is 14.7 Å². The third-order valence-corrected chi connectivity index (χ3v) is 7.82. The zero-order valence-corrected chi connectivity index (χ0v) is 22.5. The summed E-state index contributed by atoms with van der Waals surface area (Å²) in [6, 6.07) is 9.46. The average Bonchev–Trinajstić information content (AvgIpc) is 3.31. The van der Waals surface area contributed by atoms with E-state index < -0.39 is 18.7 Å². The fraction of sp³-hybridized carbons (Fsp3) is 0.357. The normalized spacial score (nSPS) is 19.2. The lowest BCUT2D eigenvalue weighted by atomic mass is 9.96. The molecule has 5 rings (SSSR count). The van der Waals surface area contributed by atoms with Crippen molar-refractivity contribution >= 4 is 29.1 Å². The molecular weight excluding hydrogens is 544 g/mol. The number of amides is 2. The fourth-order valence-electron chi connectivity index (χ4n) is 5.32. The summed E-state index contributed by atoms with van der Waals surface area (Å²) in [4.78, 5) is 34.0. The summed E-state index contributed by atoms with van der Waals surface area (Å²) < 4.78 is 31.1. The van der Waals surface area contributed by atoms with Gasteiger partial charge in [-0.2, -0.15) is 13.9 Å². The van der Waals surface area contributed by atoms with Crippen molar-refractivity contribution in [2.75, 3.05) is 13.2 Å². The minimum atomic E-state index is -2.94. The number of aliphatic hydroxyl groups is 1. The quantitative estimate of drug-likeness (QED) is 0.421. The molecule has 208 valence electrons. The highest BCUT2D eigenvalue weighted by Crippen LogP contribution is 2.36. The van der Waals surface area contributed by atoms with E-state index in [4.69, 9.17) is 18.2 Å². The van der Waals surface area contributed by atoms with Gasteiger partial charge < -0.3 is 19.6 Å². The van der Waals surface area contributed by atoms with E-state index in [1.807, 2.05) is 13.8 Å². The van der Waals surface area contributed by atoms with E-state index >= 15 is 0 Å². The lowest BCUT2D eigenvalue weighted by molar-refractivity contribution is -0.0498. The van der Waals surface area contributed by atoms with Gasteiger partial charge in [-0.15, -0.1) is 0 Å². The summed E-state index contributed by atoms with van der Waals surface area (Å²) in [7, 11) is 0. The third kappa shape index (κ3) is 4.89. The van der Waals surface area contributed by atoms with Crippen LogP contribution in [0.2, 0.25) is 5.02 Å². The first-order valence-electron chi connectivity index (χ1n) is 12.7. The van der Waals surface area contributed by atoms with Crippen LogP contribution in [0.4, 0.5) is 14.5 Å². The van der Waals surface area contributed by atoms with Crippen molar-refractivity contribution in [2.45, 2.75) is 51.6 Å². The zero-order valence-electron chi connectivity index (χ0n) is 21.7. The molecule has 0 saturated heterocycles. The third-order valence-electron chi connectivity index (χ3n) is 7.50. The Balaban J connectivity index is 1.46. The van der Waals surface area contributed by atoms with Gasteiger partial charge >= 0.3 is 6.61 Å². The summed E-state index contributed by atoms with van der Waals surface area (Å²) in [6.07, 6.45) is 0.414. The molecule has 0 fully saturated rings. The van der Waals surface area contributed by atoms with Gasteiger partial charge in [-0.1, -0.05) is 35.9 Å². The van der Waals surface area contributed by atoms with E-state index in [-0.39, 0.29) is 54.0 Å². The zero-order chi connectivity index (χ0) is 28.7. The first-order valence-corrected chi connectivity index (χ1v) is 13.1. The van der Waals surface area contributed by atoms with Crippen LogP contribution in [-0.4, -0.2) is 62.3 Å². The highest BCUT2D eigenvalue weighted by atomic mass is 35.5. The molecule has 0 radical (unpaired) electrons. The van der Waals surface area contributed by atoms with Crippen molar-refractivity contribution in [3.63, 3.8) is 0 Å². The van der Waals surface area contributed by atoms with Gasteiger partial charge in [0.25, 0.3) is 11.8 Å². The molecule has 3 aromatic rings. The van der Waals surface area contributed by atoms with Crippen LogP contribution in [0.15, 0.2) is 42.5 Å². The predicted molar refractivity (Wildman–Crippen MR) is 142 cm³/mol. The van der Waals surface area contributed by atoms with Crippen LogP contribution in [0.3, 0.4) is 0 Å². The van der Waals surface area contributed by atoms with Crippen LogP contribution < -0.4 is 4.74 Å². The van der Waals surface area contributed by atoms with Crippen molar-refractivity contribution in [3.05, 3.63) is 87.0 Å². The monoisotopic (exact) mass is 569 g/mol. The number of nitrogens with zero attached hydrogens (tertiary/aromatic N) is 5. The molecule has 12 heteroatoms.